The summed E-state index contributed by atoms with van der Waals surface area (Å²) in [6.07, 6.45) is 1.65. The molecular weight excluding hydrogens is 460 g/mol. The topological polar surface area (TPSA) is 87.3 Å². The van der Waals surface area contributed by atoms with Crippen LogP contribution < -0.4 is 9.47 Å². The van der Waals surface area contributed by atoms with Crippen LogP contribution in [0.4, 0.5) is 0 Å². The Bertz CT molecular complexity index is 1190. The number of halogens is 1. The van der Waals surface area contributed by atoms with Gasteiger partial charge in [-0.3, -0.25) is 10.2 Å². The number of hydrogen-bond donors (Lipinski definition) is 1. The first-order valence-electron chi connectivity index (χ1n) is 10.4. The molecule has 2 heterocycles. The van der Waals surface area contributed by atoms with Crippen molar-refractivity contribution in [2.45, 2.75) is 20.8 Å². The quantitative estimate of drug-likeness (QED) is 0.422. The van der Waals surface area contributed by atoms with Crippen molar-refractivity contribution >= 4 is 51.4 Å². The number of aryl methyl sites for hydroxylation is 1. The summed E-state index contributed by atoms with van der Waals surface area (Å²) in [6, 6.07) is 12.8. The molecule has 1 amide bonds. The second kappa shape index (κ2) is 9.80. The highest BCUT2D eigenvalue weighted by Crippen LogP contribution is 2.31. The molecule has 0 saturated carbocycles. The van der Waals surface area contributed by atoms with Crippen LogP contribution in [0.15, 0.2) is 58.1 Å². The SMILES string of the molecule is Cc1cc(OCCOc2ccc(/C=C3\C(=N)N4N=C(C(C)C)SC4=NC3=O)cc2)ccc1Cl. The van der Waals surface area contributed by atoms with E-state index in [2.05, 4.69) is 10.1 Å². The summed E-state index contributed by atoms with van der Waals surface area (Å²) in [7, 11) is 0. The average molecular weight is 483 g/mol. The second-order valence-electron chi connectivity index (χ2n) is 7.79. The van der Waals surface area contributed by atoms with Crippen molar-refractivity contribution in [1.82, 2.24) is 5.01 Å². The van der Waals surface area contributed by atoms with Crippen LogP contribution in [0.2, 0.25) is 5.02 Å². The van der Waals surface area contributed by atoms with Crippen LogP contribution in [0.3, 0.4) is 0 Å². The number of ether oxygens (including phenoxy) is 2. The summed E-state index contributed by atoms with van der Waals surface area (Å²) in [6.45, 7) is 6.73. The number of nitrogens with one attached hydrogen (secondary N) is 1. The number of hydrazone groups is 1. The number of amidine groups is 2. The average Bonchev–Trinajstić information content (AvgIpc) is 3.22. The highest BCUT2D eigenvalue weighted by atomic mass is 35.5. The van der Waals surface area contributed by atoms with Crippen LogP contribution in [-0.2, 0) is 4.79 Å². The normalized spacial score (nSPS) is 16.8. The van der Waals surface area contributed by atoms with Gasteiger partial charge in [-0.15, -0.1) is 0 Å². The monoisotopic (exact) mass is 482 g/mol. The van der Waals surface area contributed by atoms with Gasteiger partial charge in [0.1, 0.15) is 29.8 Å². The van der Waals surface area contributed by atoms with Crippen LogP contribution in [0.5, 0.6) is 11.5 Å². The van der Waals surface area contributed by atoms with Gasteiger partial charge in [-0.2, -0.15) is 15.1 Å². The van der Waals surface area contributed by atoms with Crippen molar-refractivity contribution in [1.29, 1.82) is 5.41 Å². The number of carbonyl (C=O) groups is 1. The Balaban J connectivity index is 1.35. The van der Waals surface area contributed by atoms with E-state index in [4.69, 9.17) is 26.5 Å². The number of thioether (sulfide) groups is 1. The first-order chi connectivity index (χ1) is 15.8. The van der Waals surface area contributed by atoms with Gasteiger partial charge in [-0.25, -0.2) is 0 Å². The molecule has 0 unspecified atom stereocenters. The lowest BCUT2D eigenvalue weighted by Gasteiger charge is -2.20. The van der Waals surface area contributed by atoms with E-state index in [1.165, 1.54) is 16.8 Å². The van der Waals surface area contributed by atoms with Crippen molar-refractivity contribution in [2.75, 3.05) is 13.2 Å². The number of fused-ring (bicyclic) bond motifs is 1. The summed E-state index contributed by atoms with van der Waals surface area (Å²) >= 11 is 7.36. The molecule has 2 aliphatic rings. The Morgan fingerprint density at radius 2 is 1.79 bits per heavy atom. The molecule has 33 heavy (non-hydrogen) atoms. The van der Waals surface area contributed by atoms with Gasteiger partial charge in [0.25, 0.3) is 5.91 Å². The van der Waals surface area contributed by atoms with E-state index in [-0.39, 0.29) is 17.3 Å². The number of nitrogens with zero attached hydrogens (tertiary/aromatic N) is 3. The predicted octanol–water partition coefficient (Wildman–Crippen LogP) is 5.38. The minimum atomic E-state index is -0.436. The van der Waals surface area contributed by atoms with Crippen molar-refractivity contribution < 1.29 is 14.3 Å². The van der Waals surface area contributed by atoms with Gasteiger partial charge in [0.15, 0.2) is 5.84 Å². The Morgan fingerprint density at radius 1 is 1.12 bits per heavy atom. The van der Waals surface area contributed by atoms with Gasteiger partial charge in [0.2, 0.25) is 5.17 Å². The van der Waals surface area contributed by atoms with Crippen molar-refractivity contribution in [3.63, 3.8) is 0 Å². The van der Waals surface area contributed by atoms with Crippen molar-refractivity contribution in [3.05, 3.63) is 64.2 Å². The molecule has 0 fully saturated rings. The number of aliphatic imine (C=N–C) groups is 1. The Kier molecular flexibility index (Phi) is 6.85. The maximum atomic E-state index is 12.5. The lowest BCUT2D eigenvalue weighted by Crippen LogP contribution is -2.35. The third-order valence-corrected chi connectivity index (χ3v) is 6.54. The van der Waals surface area contributed by atoms with Gasteiger partial charge in [-0.1, -0.05) is 37.6 Å². The molecule has 0 spiro atoms. The standard InChI is InChI=1S/C24H23ClN4O3S/c1-14(2)23-28-29-21(26)19(22(30)27-24(29)33-23)13-16-4-6-17(7-5-16)31-10-11-32-18-8-9-20(25)15(3)12-18/h4-9,12-14,26H,10-11H2,1-3H3/b19-13+,26-21?. The third kappa shape index (κ3) is 5.29. The minimum absolute atomic E-state index is 0.0306. The smallest absolute Gasteiger partial charge is 0.283 e. The number of hydrogen-bond acceptors (Lipinski definition) is 6. The van der Waals surface area contributed by atoms with Crippen molar-refractivity contribution in [3.8, 4) is 11.5 Å². The van der Waals surface area contributed by atoms with E-state index in [1.54, 1.807) is 12.1 Å². The minimum Gasteiger partial charge on any atom is -0.490 e. The Morgan fingerprint density at radius 3 is 2.45 bits per heavy atom. The van der Waals surface area contributed by atoms with Crippen molar-refractivity contribution in [2.24, 2.45) is 16.0 Å². The summed E-state index contributed by atoms with van der Waals surface area (Å²) in [4.78, 5) is 16.6. The van der Waals surface area contributed by atoms with Gasteiger partial charge >= 0.3 is 0 Å². The van der Waals surface area contributed by atoms with E-state index >= 15 is 0 Å². The Labute approximate surface area is 201 Å². The lowest BCUT2D eigenvalue weighted by atomic mass is 10.1. The molecule has 2 aromatic rings. The third-order valence-electron chi connectivity index (χ3n) is 4.91. The van der Waals surface area contributed by atoms with Crippen LogP contribution in [0.25, 0.3) is 6.08 Å². The molecule has 0 aliphatic carbocycles. The van der Waals surface area contributed by atoms with Gasteiger partial charge < -0.3 is 9.47 Å². The molecule has 4 rings (SSSR count). The number of rotatable bonds is 7. The molecule has 170 valence electrons. The van der Waals surface area contributed by atoms with E-state index < -0.39 is 5.91 Å². The van der Waals surface area contributed by atoms with Crippen LogP contribution in [-0.4, -0.2) is 40.2 Å². The van der Waals surface area contributed by atoms with E-state index in [0.717, 1.165) is 21.9 Å². The zero-order chi connectivity index (χ0) is 23.5. The maximum absolute atomic E-state index is 12.5. The molecule has 7 nitrogen and oxygen atoms in total. The summed E-state index contributed by atoms with van der Waals surface area (Å²) in [5.41, 5.74) is 1.93. The van der Waals surface area contributed by atoms with E-state index in [1.807, 2.05) is 57.2 Å². The van der Waals surface area contributed by atoms with E-state index in [9.17, 15) is 4.79 Å². The Hall–Kier alpha value is -3.10. The highest BCUT2D eigenvalue weighted by Gasteiger charge is 2.36. The number of amides is 1. The molecule has 2 aromatic carbocycles. The largest absolute Gasteiger partial charge is 0.490 e. The summed E-state index contributed by atoms with van der Waals surface area (Å²) in [5.74, 6) is 1.22. The molecule has 0 aromatic heterocycles. The first-order valence-corrected chi connectivity index (χ1v) is 11.6. The number of carbonyl (C=O) groups excluding carboxylic acids is 1. The fourth-order valence-electron chi connectivity index (χ4n) is 3.09. The first kappa shape index (κ1) is 23.1. The zero-order valence-electron chi connectivity index (χ0n) is 18.5. The van der Waals surface area contributed by atoms with Crippen LogP contribution in [0, 0.1) is 18.3 Å². The molecule has 9 heteroatoms. The van der Waals surface area contributed by atoms with Crippen LogP contribution in [0.1, 0.15) is 25.0 Å². The van der Waals surface area contributed by atoms with Gasteiger partial charge in [-0.05, 0) is 66.2 Å². The van der Waals surface area contributed by atoms with E-state index in [0.29, 0.717) is 29.2 Å². The molecule has 0 bridgehead atoms. The summed E-state index contributed by atoms with van der Waals surface area (Å²) in [5, 5.41) is 16.3. The molecule has 0 saturated heterocycles. The van der Waals surface area contributed by atoms with Gasteiger partial charge in [0.05, 0.1) is 5.57 Å². The maximum Gasteiger partial charge on any atom is 0.283 e. The highest BCUT2D eigenvalue weighted by molar-refractivity contribution is 8.27. The summed E-state index contributed by atoms with van der Waals surface area (Å²) < 4.78 is 11.4. The molecular formula is C24H23ClN4O3S. The lowest BCUT2D eigenvalue weighted by molar-refractivity contribution is -0.114. The predicted molar refractivity (Wildman–Crippen MR) is 133 cm³/mol. The molecule has 0 radical (unpaired) electrons. The molecule has 1 N–H and O–H groups in total. The fourth-order valence-corrected chi connectivity index (χ4v) is 4.10. The molecule has 0 atom stereocenters. The zero-order valence-corrected chi connectivity index (χ0v) is 20.0. The second-order valence-corrected chi connectivity index (χ2v) is 9.18. The number of benzene rings is 2. The molecule has 2 aliphatic heterocycles. The fraction of sp³-hybridized carbons (Fsp3) is 0.250. The van der Waals surface area contributed by atoms with Crippen LogP contribution >= 0.6 is 23.4 Å². The van der Waals surface area contributed by atoms with Gasteiger partial charge in [0, 0.05) is 10.9 Å².